The molecule has 2 aliphatic carbocycles. The second kappa shape index (κ2) is 10.2. The zero-order valence-electron chi connectivity index (χ0n) is 17.9. The number of aromatic nitrogens is 2. The third-order valence-corrected chi connectivity index (χ3v) is 6.80. The predicted molar refractivity (Wildman–Crippen MR) is 121 cm³/mol. The third kappa shape index (κ3) is 5.31. The van der Waals surface area contributed by atoms with Gasteiger partial charge < -0.3 is 14.8 Å². The molecule has 2 aliphatic rings. The molecule has 168 valence electrons. The van der Waals surface area contributed by atoms with Crippen molar-refractivity contribution in [2.24, 2.45) is 5.92 Å². The number of carbonyl (C=O) groups excluding carboxylic acids is 2. The fourth-order valence-corrected chi connectivity index (χ4v) is 4.81. The van der Waals surface area contributed by atoms with Crippen LogP contribution in [0.15, 0.2) is 30.5 Å². The lowest BCUT2D eigenvalue weighted by Gasteiger charge is -2.29. The average molecular weight is 455 g/mol. The van der Waals surface area contributed by atoms with Gasteiger partial charge in [0.25, 0.3) is 5.91 Å². The molecule has 4 rings (SSSR count). The Morgan fingerprint density at radius 2 is 1.91 bits per heavy atom. The topological polar surface area (TPSA) is 77.6 Å². The maximum atomic E-state index is 12.7. The molecule has 0 bridgehead atoms. The summed E-state index contributed by atoms with van der Waals surface area (Å²) in [4.78, 5) is 27.0. The molecule has 2 saturated carbocycles. The van der Waals surface area contributed by atoms with Crippen LogP contribution in [0.2, 0.25) is 5.02 Å². The minimum atomic E-state index is -0.142. The zero-order valence-corrected chi connectivity index (χ0v) is 18.6. The molecular weight excluding hydrogens is 428 g/mol. The molecule has 1 amide bonds. The maximum Gasteiger partial charge on any atom is 0.271 e. The zero-order chi connectivity index (χ0) is 22.5. The Bertz CT molecular complexity index is 999. The standard InChI is InChI=1S/C24H27ClN4O3/c1-26-22-11-10-20(14-21(22)25)32-19-8-4-17(5-9-19)27-24(31)23-12-13-29(28-23)18-6-2-16(15-30)3-7-18/h10-19H,2-9H2,(H,27,31). The van der Waals surface area contributed by atoms with Gasteiger partial charge in [0.1, 0.15) is 17.7 Å². The number of nitrogens with zero attached hydrogens (tertiary/aromatic N) is 3. The lowest BCUT2D eigenvalue weighted by Crippen LogP contribution is -2.40. The molecular formula is C24H27ClN4O3. The number of hydrogen-bond donors (Lipinski definition) is 1. The highest BCUT2D eigenvalue weighted by Gasteiger charge is 2.26. The van der Waals surface area contributed by atoms with Gasteiger partial charge in [-0.25, -0.2) is 4.85 Å². The van der Waals surface area contributed by atoms with E-state index in [1.165, 1.54) is 0 Å². The molecule has 0 unspecified atom stereocenters. The van der Waals surface area contributed by atoms with E-state index in [0.717, 1.165) is 57.7 Å². The van der Waals surface area contributed by atoms with Crippen LogP contribution >= 0.6 is 11.6 Å². The van der Waals surface area contributed by atoms with E-state index in [0.29, 0.717) is 22.2 Å². The van der Waals surface area contributed by atoms with Crippen molar-refractivity contribution in [3.05, 3.63) is 52.6 Å². The fraction of sp³-hybridized carbons (Fsp3) is 0.500. The van der Waals surface area contributed by atoms with Gasteiger partial charge in [-0.3, -0.25) is 9.48 Å². The Kier molecular flexibility index (Phi) is 7.11. The molecule has 0 spiro atoms. The van der Waals surface area contributed by atoms with E-state index in [4.69, 9.17) is 22.9 Å². The molecule has 32 heavy (non-hydrogen) atoms. The van der Waals surface area contributed by atoms with E-state index in [2.05, 4.69) is 15.3 Å². The predicted octanol–water partition coefficient (Wildman–Crippen LogP) is 5.14. The molecule has 1 aromatic carbocycles. The van der Waals surface area contributed by atoms with Crippen LogP contribution in [-0.2, 0) is 4.79 Å². The second-order valence-corrected chi connectivity index (χ2v) is 9.08. The van der Waals surface area contributed by atoms with Crippen LogP contribution in [0, 0.1) is 12.5 Å². The van der Waals surface area contributed by atoms with Crippen molar-refractivity contribution in [3.63, 3.8) is 0 Å². The average Bonchev–Trinajstić information content (AvgIpc) is 3.31. The Labute approximate surface area is 192 Å². The van der Waals surface area contributed by atoms with Crippen molar-refractivity contribution >= 4 is 29.5 Å². The number of nitrogens with one attached hydrogen (secondary N) is 1. The van der Waals surface area contributed by atoms with Gasteiger partial charge in [-0.15, -0.1) is 0 Å². The fourth-order valence-electron chi connectivity index (χ4n) is 4.59. The molecule has 0 atom stereocenters. The Balaban J connectivity index is 1.24. The summed E-state index contributed by atoms with van der Waals surface area (Å²) >= 11 is 6.09. The molecule has 2 aromatic rings. The van der Waals surface area contributed by atoms with E-state index in [1.807, 2.05) is 10.9 Å². The highest BCUT2D eigenvalue weighted by molar-refractivity contribution is 6.33. The molecule has 2 fully saturated rings. The van der Waals surface area contributed by atoms with E-state index in [1.54, 1.807) is 24.3 Å². The van der Waals surface area contributed by atoms with Gasteiger partial charge >= 0.3 is 0 Å². The second-order valence-electron chi connectivity index (χ2n) is 8.68. The van der Waals surface area contributed by atoms with Crippen LogP contribution in [0.3, 0.4) is 0 Å². The first kappa shape index (κ1) is 22.3. The largest absolute Gasteiger partial charge is 0.490 e. The van der Waals surface area contributed by atoms with Crippen LogP contribution in [-0.4, -0.2) is 34.1 Å². The summed E-state index contributed by atoms with van der Waals surface area (Å²) in [5, 5.41) is 8.00. The SMILES string of the molecule is [C-]#[N+]c1ccc(OC2CCC(NC(=O)c3ccn(C4CCC(C=O)CC4)n3)CC2)cc1Cl. The number of rotatable bonds is 6. The quantitative estimate of drug-likeness (QED) is 0.484. The summed E-state index contributed by atoms with van der Waals surface area (Å²) in [6, 6.07) is 7.26. The molecule has 1 heterocycles. The number of hydrogen-bond acceptors (Lipinski definition) is 4. The monoisotopic (exact) mass is 454 g/mol. The van der Waals surface area contributed by atoms with Crippen molar-refractivity contribution in [3.8, 4) is 5.75 Å². The van der Waals surface area contributed by atoms with Gasteiger partial charge in [0.05, 0.1) is 23.7 Å². The van der Waals surface area contributed by atoms with Gasteiger partial charge in [-0.05, 0) is 69.6 Å². The van der Waals surface area contributed by atoms with Crippen molar-refractivity contribution in [1.29, 1.82) is 0 Å². The van der Waals surface area contributed by atoms with Crippen molar-refractivity contribution in [1.82, 2.24) is 15.1 Å². The smallest absolute Gasteiger partial charge is 0.271 e. The van der Waals surface area contributed by atoms with E-state index < -0.39 is 0 Å². The van der Waals surface area contributed by atoms with Crippen LogP contribution in [0.5, 0.6) is 5.75 Å². The number of halogens is 1. The number of ether oxygens (including phenoxy) is 1. The van der Waals surface area contributed by atoms with Gasteiger partial charge in [-0.1, -0.05) is 17.7 Å². The Morgan fingerprint density at radius 1 is 1.16 bits per heavy atom. The molecule has 1 aromatic heterocycles. The van der Waals surface area contributed by atoms with Crippen LogP contribution in [0.1, 0.15) is 67.9 Å². The first-order valence-electron chi connectivity index (χ1n) is 11.2. The molecule has 1 N–H and O–H groups in total. The highest BCUT2D eigenvalue weighted by Crippen LogP contribution is 2.32. The summed E-state index contributed by atoms with van der Waals surface area (Å²) in [5.74, 6) is 0.692. The first-order valence-corrected chi connectivity index (χ1v) is 11.6. The number of carbonyl (C=O) groups is 2. The number of amides is 1. The van der Waals surface area contributed by atoms with Crippen LogP contribution in [0.4, 0.5) is 5.69 Å². The first-order chi connectivity index (χ1) is 15.6. The number of aldehydes is 1. The van der Waals surface area contributed by atoms with Gasteiger partial charge in [0, 0.05) is 18.2 Å². The number of benzene rings is 1. The normalized spacial score (nSPS) is 25.5. The van der Waals surface area contributed by atoms with E-state index in [9.17, 15) is 9.59 Å². The Hall–Kier alpha value is -2.85. The van der Waals surface area contributed by atoms with E-state index in [-0.39, 0.29) is 30.0 Å². The molecule has 0 aliphatic heterocycles. The van der Waals surface area contributed by atoms with Crippen molar-refractivity contribution in [2.45, 2.75) is 69.6 Å². The van der Waals surface area contributed by atoms with Gasteiger partial charge in [0.15, 0.2) is 0 Å². The van der Waals surface area contributed by atoms with Crippen molar-refractivity contribution in [2.75, 3.05) is 0 Å². The lowest BCUT2D eigenvalue weighted by molar-refractivity contribution is -0.112. The van der Waals surface area contributed by atoms with Crippen molar-refractivity contribution < 1.29 is 14.3 Å². The molecule has 8 heteroatoms. The van der Waals surface area contributed by atoms with Gasteiger partial charge in [-0.2, -0.15) is 5.10 Å². The van der Waals surface area contributed by atoms with Crippen LogP contribution < -0.4 is 10.1 Å². The minimum absolute atomic E-state index is 0.0683. The molecule has 0 radical (unpaired) electrons. The summed E-state index contributed by atoms with van der Waals surface area (Å²) < 4.78 is 7.90. The lowest BCUT2D eigenvalue weighted by atomic mass is 9.87. The summed E-state index contributed by atoms with van der Waals surface area (Å²) in [5.41, 5.74) is 0.858. The highest BCUT2D eigenvalue weighted by atomic mass is 35.5. The molecule has 0 saturated heterocycles. The van der Waals surface area contributed by atoms with E-state index >= 15 is 0 Å². The molecule has 7 nitrogen and oxygen atoms in total. The maximum absolute atomic E-state index is 12.7. The summed E-state index contributed by atoms with van der Waals surface area (Å²) in [7, 11) is 0. The summed E-state index contributed by atoms with van der Waals surface area (Å²) in [6.45, 7) is 7.06. The van der Waals surface area contributed by atoms with Crippen LogP contribution in [0.25, 0.3) is 4.85 Å². The Morgan fingerprint density at radius 3 is 2.56 bits per heavy atom. The minimum Gasteiger partial charge on any atom is -0.490 e. The summed E-state index contributed by atoms with van der Waals surface area (Å²) in [6.07, 6.45) is 9.94. The third-order valence-electron chi connectivity index (χ3n) is 6.50. The van der Waals surface area contributed by atoms with Gasteiger partial charge in [0.2, 0.25) is 5.69 Å².